The maximum absolute atomic E-state index is 13.3. The monoisotopic (exact) mass is 298 g/mol. The molecule has 1 heterocycles. The molecular weight excluding hydrogens is 287 g/mol. The van der Waals surface area contributed by atoms with Gasteiger partial charge in [0.05, 0.1) is 17.5 Å². The van der Waals surface area contributed by atoms with Gasteiger partial charge in [-0.3, -0.25) is 14.6 Å². The van der Waals surface area contributed by atoms with E-state index in [1.165, 1.54) is 6.07 Å². The normalized spacial score (nSPS) is 11.3. The summed E-state index contributed by atoms with van der Waals surface area (Å²) in [4.78, 5) is 11.0. The molecule has 0 bridgehead atoms. The number of anilines is 1. The molecular formula is C11H11FN4O3S. The Morgan fingerprint density at radius 1 is 1.45 bits per heavy atom. The van der Waals surface area contributed by atoms with Crippen molar-refractivity contribution in [3.05, 3.63) is 41.5 Å². The van der Waals surface area contributed by atoms with E-state index >= 15 is 0 Å². The number of carbonyl (C=O) groups is 1. The number of rotatable bonds is 4. The van der Waals surface area contributed by atoms with Crippen LogP contribution in [0.4, 0.5) is 10.1 Å². The summed E-state index contributed by atoms with van der Waals surface area (Å²) in [5.41, 5.74) is 4.99. The summed E-state index contributed by atoms with van der Waals surface area (Å²) >= 11 is 0. The number of H-pyrrole nitrogens is 1. The van der Waals surface area contributed by atoms with E-state index in [0.717, 1.165) is 18.3 Å². The number of sulfonamides is 1. The number of halogens is 1. The van der Waals surface area contributed by atoms with Gasteiger partial charge in [0.2, 0.25) is 0 Å². The molecule has 20 heavy (non-hydrogen) atoms. The van der Waals surface area contributed by atoms with E-state index < -0.39 is 27.3 Å². The highest BCUT2D eigenvalue weighted by Gasteiger charge is 2.19. The Bertz CT molecular complexity index is 770. The number of aryl methyl sites for hydroxylation is 1. The molecule has 106 valence electrons. The fraction of sp³-hybridized carbons (Fsp3) is 0.0909. The topological polar surface area (TPSA) is 118 Å². The molecule has 0 fully saturated rings. The third kappa shape index (κ3) is 2.62. The largest absolute Gasteiger partial charge is 0.366 e. The lowest BCUT2D eigenvalue weighted by molar-refractivity contribution is 0.0996. The van der Waals surface area contributed by atoms with Crippen molar-refractivity contribution in [2.75, 3.05) is 4.72 Å². The van der Waals surface area contributed by atoms with E-state index in [9.17, 15) is 17.6 Å². The maximum Gasteiger partial charge on any atom is 0.265 e. The lowest BCUT2D eigenvalue weighted by atomic mass is 10.2. The van der Waals surface area contributed by atoms with Crippen LogP contribution in [0.3, 0.4) is 0 Å². The number of hydrogen-bond donors (Lipinski definition) is 3. The Balaban J connectivity index is 2.38. The summed E-state index contributed by atoms with van der Waals surface area (Å²) in [7, 11) is -3.87. The molecule has 2 rings (SSSR count). The first-order chi connectivity index (χ1) is 9.31. The molecule has 4 N–H and O–H groups in total. The molecule has 0 aliphatic rings. The summed E-state index contributed by atoms with van der Waals surface area (Å²) < 4.78 is 39.7. The van der Waals surface area contributed by atoms with Gasteiger partial charge in [-0.25, -0.2) is 12.8 Å². The molecule has 0 unspecified atom stereocenters. The molecule has 0 saturated heterocycles. The number of aromatic nitrogens is 2. The van der Waals surface area contributed by atoms with Crippen LogP contribution in [0.2, 0.25) is 0 Å². The second kappa shape index (κ2) is 4.93. The average Bonchev–Trinajstić information content (AvgIpc) is 2.78. The van der Waals surface area contributed by atoms with Gasteiger partial charge in [-0.2, -0.15) is 5.10 Å². The second-order valence-electron chi connectivity index (χ2n) is 4.02. The Kier molecular flexibility index (Phi) is 3.45. The van der Waals surface area contributed by atoms with E-state index in [1.54, 1.807) is 6.92 Å². The highest BCUT2D eigenvalue weighted by atomic mass is 32.2. The predicted octanol–water partition coefficient (Wildman–Crippen LogP) is 0.757. The molecule has 2 aromatic rings. The van der Waals surface area contributed by atoms with Gasteiger partial charge < -0.3 is 5.73 Å². The summed E-state index contributed by atoms with van der Waals surface area (Å²) in [5, 5.41) is 6.11. The Morgan fingerprint density at radius 3 is 2.70 bits per heavy atom. The fourth-order valence-electron chi connectivity index (χ4n) is 1.60. The van der Waals surface area contributed by atoms with E-state index in [2.05, 4.69) is 14.9 Å². The number of nitrogens with one attached hydrogen (secondary N) is 2. The lowest BCUT2D eigenvalue weighted by Gasteiger charge is -2.08. The van der Waals surface area contributed by atoms with Gasteiger partial charge >= 0.3 is 0 Å². The first kappa shape index (κ1) is 14.0. The van der Waals surface area contributed by atoms with Crippen molar-refractivity contribution in [3.63, 3.8) is 0 Å². The van der Waals surface area contributed by atoms with Gasteiger partial charge in [0.25, 0.3) is 15.9 Å². The summed E-state index contributed by atoms with van der Waals surface area (Å²) in [6.45, 7) is 1.54. The minimum Gasteiger partial charge on any atom is -0.366 e. The zero-order valence-corrected chi connectivity index (χ0v) is 11.2. The molecule has 0 radical (unpaired) electrons. The molecule has 0 saturated carbocycles. The van der Waals surface area contributed by atoms with Crippen molar-refractivity contribution < 1.29 is 17.6 Å². The smallest absolute Gasteiger partial charge is 0.265 e. The average molecular weight is 298 g/mol. The molecule has 0 atom stereocenters. The quantitative estimate of drug-likeness (QED) is 0.772. The SMILES string of the molecule is Cc1[nH]ncc1S(=O)(=O)Nc1ccc(F)c(C(N)=O)c1. The van der Waals surface area contributed by atoms with Crippen molar-refractivity contribution >= 4 is 21.6 Å². The van der Waals surface area contributed by atoms with Crippen molar-refractivity contribution in [3.8, 4) is 0 Å². The number of amides is 1. The van der Waals surface area contributed by atoms with E-state index in [0.29, 0.717) is 5.69 Å². The number of benzene rings is 1. The highest BCUT2D eigenvalue weighted by molar-refractivity contribution is 7.92. The maximum atomic E-state index is 13.3. The molecule has 9 heteroatoms. The minimum atomic E-state index is -3.87. The Morgan fingerprint density at radius 2 is 2.15 bits per heavy atom. The van der Waals surface area contributed by atoms with Crippen molar-refractivity contribution in [1.29, 1.82) is 0 Å². The van der Waals surface area contributed by atoms with Crippen LogP contribution in [-0.2, 0) is 10.0 Å². The van der Waals surface area contributed by atoms with Crippen LogP contribution < -0.4 is 10.5 Å². The minimum absolute atomic E-state index is 0.0285. The fourth-order valence-corrected chi connectivity index (χ4v) is 2.79. The second-order valence-corrected chi connectivity index (χ2v) is 5.67. The van der Waals surface area contributed by atoms with Crippen LogP contribution in [-0.4, -0.2) is 24.5 Å². The summed E-state index contributed by atoms with van der Waals surface area (Å²) in [5.74, 6) is -1.80. The first-order valence-corrected chi connectivity index (χ1v) is 6.92. The number of nitrogens with zero attached hydrogens (tertiary/aromatic N) is 1. The first-order valence-electron chi connectivity index (χ1n) is 5.43. The number of aromatic amines is 1. The third-order valence-electron chi connectivity index (χ3n) is 2.56. The summed E-state index contributed by atoms with van der Waals surface area (Å²) in [6, 6.07) is 3.18. The summed E-state index contributed by atoms with van der Waals surface area (Å²) in [6.07, 6.45) is 1.15. The van der Waals surface area contributed by atoms with Gasteiger partial charge in [0.15, 0.2) is 0 Å². The third-order valence-corrected chi connectivity index (χ3v) is 4.05. The lowest BCUT2D eigenvalue weighted by Crippen LogP contribution is -2.16. The van der Waals surface area contributed by atoms with Crippen LogP contribution in [0.1, 0.15) is 16.1 Å². The van der Waals surface area contributed by atoms with Crippen LogP contribution in [0.15, 0.2) is 29.3 Å². The van der Waals surface area contributed by atoms with Gasteiger partial charge in [-0.15, -0.1) is 0 Å². The van der Waals surface area contributed by atoms with Gasteiger partial charge in [-0.05, 0) is 25.1 Å². The van der Waals surface area contributed by atoms with Gasteiger partial charge in [0, 0.05) is 5.69 Å². The van der Waals surface area contributed by atoms with E-state index in [4.69, 9.17) is 5.73 Å². The van der Waals surface area contributed by atoms with Crippen LogP contribution in [0.5, 0.6) is 0 Å². The van der Waals surface area contributed by atoms with Crippen molar-refractivity contribution in [2.45, 2.75) is 11.8 Å². The van der Waals surface area contributed by atoms with E-state index in [1.807, 2.05) is 0 Å². The molecule has 0 aliphatic heterocycles. The van der Waals surface area contributed by atoms with Crippen molar-refractivity contribution in [1.82, 2.24) is 10.2 Å². The number of primary amides is 1. The van der Waals surface area contributed by atoms with Gasteiger partial charge in [-0.1, -0.05) is 0 Å². The molecule has 7 nitrogen and oxygen atoms in total. The molecule has 1 aromatic heterocycles. The molecule has 1 aromatic carbocycles. The standard InChI is InChI=1S/C11H11FN4O3S/c1-6-10(5-14-15-6)20(18,19)16-7-2-3-9(12)8(4-7)11(13)17/h2-5,16H,1H3,(H2,13,17)(H,14,15). The Labute approximate surface area is 114 Å². The van der Waals surface area contributed by atoms with Gasteiger partial charge in [0.1, 0.15) is 10.7 Å². The Hall–Kier alpha value is -2.42. The highest BCUT2D eigenvalue weighted by Crippen LogP contribution is 2.19. The van der Waals surface area contributed by atoms with Crippen molar-refractivity contribution in [2.24, 2.45) is 5.73 Å². The molecule has 1 amide bonds. The zero-order chi connectivity index (χ0) is 14.9. The van der Waals surface area contributed by atoms with E-state index in [-0.39, 0.29) is 10.6 Å². The molecule has 0 aliphatic carbocycles. The molecule has 0 spiro atoms. The predicted molar refractivity (Wildman–Crippen MR) is 69.1 cm³/mol. The van der Waals surface area contributed by atoms with Crippen LogP contribution in [0, 0.1) is 12.7 Å². The zero-order valence-electron chi connectivity index (χ0n) is 10.3. The number of carbonyl (C=O) groups excluding carboxylic acids is 1. The van der Waals surface area contributed by atoms with Crippen LogP contribution >= 0.6 is 0 Å². The van der Waals surface area contributed by atoms with Crippen LogP contribution in [0.25, 0.3) is 0 Å². The number of nitrogens with two attached hydrogens (primary N) is 1. The number of hydrogen-bond acceptors (Lipinski definition) is 4.